The lowest BCUT2D eigenvalue weighted by Gasteiger charge is -2.46. The zero-order chi connectivity index (χ0) is 15.3. The van der Waals surface area contributed by atoms with Crippen LogP contribution in [0.4, 0.5) is 0 Å². The molecule has 0 aromatic heterocycles. The normalized spacial score (nSPS) is 21.5. The van der Waals surface area contributed by atoms with Crippen molar-refractivity contribution in [1.82, 2.24) is 0 Å². The Morgan fingerprint density at radius 3 is 2.50 bits per heavy atom. The molecule has 0 aliphatic carbocycles. The number of carbonyl (C=O) groups excluding carboxylic acids is 2. The van der Waals surface area contributed by atoms with Gasteiger partial charge in [0.05, 0.1) is 45.1 Å². The van der Waals surface area contributed by atoms with Crippen LogP contribution in [0, 0.1) is 0 Å². The predicted octanol–water partition coefficient (Wildman–Crippen LogP) is 1.05. The van der Waals surface area contributed by atoms with E-state index in [2.05, 4.69) is 14.1 Å². The molecule has 0 saturated carbocycles. The first-order valence-electron chi connectivity index (χ1n) is 7.20. The van der Waals surface area contributed by atoms with Gasteiger partial charge in [0.2, 0.25) is 0 Å². The van der Waals surface area contributed by atoms with Crippen molar-refractivity contribution in [2.45, 2.75) is 24.9 Å². The number of hydrogen-bond donors (Lipinski definition) is 0. The Bertz CT molecular complexity index is 617. The van der Waals surface area contributed by atoms with Crippen molar-refractivity contribution in [2.75, 3.05) is 27.2 Å². The van der Waals surface area contributed by atoms with Gasteiger partial charge >= 0.3 is 0 Å². The lowest BCUT2D eigenvalue weighted by Crippen LogP contribution is -2.56. The minimum absolute atomic E-state index is 0. The number of nitrogens with zero attached hydrogens (tertiary/aromatic N) is 1. The number of benzene rings is 1. The molecule has 0 N–H and O–H groups in total. The van der Waals surface area contributed by atoms with Crippen LogP contribution in [-0.4, -0.2) is 49.0 Å². The first-order valence-corrected chi connectivity index (χ1v) is 7.20. The average Bonchev–Trinajstić information content (AvgIpc) is 2.42. The average molecular weight is 326 g/mol. The van der Waals surface area contributed by atoms with Gasteiger partial charge in [-0.05, 0) is 23.8 Å². The number of ketones is 1. The predicted molar refractivity (Wildman–Crippen MR) is 81.4 cm³/mol. The van der Waals surface area contributed by atoms with Gasteiger partial charge in [-0.25, -0.2) is 0 Å². The van der Waals surface area contributed by atoms with Gasteiger partial charge in [-0.2, -0.15) is 0 Å². The topological polar surface area (TPSA) is 66.4 Å². The number of hydrogen-bond acceptors (Lipinski definition) is 4. The molecule has 2 heterocycles. The molecular formula is C16H20ClNO4. The van der Waals surface area contributed by atoms with Crippen molar-refractivity contribution in [3.05, 3.63) is 29.3 Å². The van der Waals surface area contributed by atoms with Gasteiger partial charge in [-0.3, -0.25) is 4.79 Å². The SMILES string of the molecule is C[N+]1(C)CCC2(CC1)CC(=O)c1cc(C(=O)[O-])ccc1O2.Cl. The number of fused-ring (bicyclic) bond motifs is 1. The number of likely N-dealkylation sites (tertiary alicyclic amines) is 1. The molecule has 0 amide bonds. The van der Waals surface area contributed by atoms with Gasteiger partial charge in [0.25, 0.3) is 0 Å². The van der Waals surface area contributed by atoms with E-state index < -0.39 is 11.6 Å². The molecule has 0 atom stereocenters. The van der Waals surface area contributed by atoms with Crippen molar-refractivity contribution in [3.8, 4) is 5.75 Å². The lowest BCUT2D eigenvalue weighted by atomic mass is 9.81. The largest absolute Gasteiger partial charge is 0.545 e. The number of piperidine rings is 1. The molecule has 1 fully saturated rings. The summed E-state index contributed by atoms with van der Waals surface area (Å²) in [6.07, 6.45) is 2.01. The second-order valence-electron chi connectivity index (χ2n) is 6.77. The van der Waals surface area contributed by atoms with E-state index in [1.54, 1.807) is 6.07 Å². The van der Waals surface area contributed by atoms with Crippen molar-refractivity contribution in [3.63, 3.8) is 0 Å². The molecule has 2 aliphatic rings. The summed E-state index contributed by atoms with van der Waals surface area (Å²) in [4.78, 5) is 23.3. The number of carboxylic acid groups (broad SMARTS) is 1. The van der Waals surface area contributed by atoms with Gasteiger partial charge in [0.1, 0.15) is 11.4 Å². The third-order valence-corrected chi connectivity index (χ3v) is 4.67. The summed E-state index contributed by atoms with van der Waals surface area (Å²) in [6.45, 7) is 1.94. The van der Waals surface area contributed by atoms with Crippen LogP contribution in [-0.2, 0) is 0 Å². The number of halogens is 1. The van der Waals surface area contributed by atoms with E-state index >= 15 is 0 Å². The Morgan fingerprint density at radius 1 is 1.27 bits per heavy atom. The van der Waals surface area contributed by atoms with Crippen LogP contribution in [0.3, 0.4) is 0 Å². The number of aromatic carboxylic acids is 1. The molecule has 6 heteroatoms. The maximum atomic E-state index is 12.4. The van der Waals surface area contributed by atoms with E-state index in [-0.39, 0.29) is 23.8 Å². The summed E-state index contributed by atoms with van der Waals surface area (Å²) < 4.78 is 7.05. The Morgan fingerprint density at radius 2 is 1.91 bits per heavy atom. The molecule has 3 rings (SSSR count). The number of carboxylic acids is 1. The van der Waals surface area contributed by atoms with Gasteiger partial charge in [-0.1, -0.05) is 0 Å². The zero-order valence-corrected chi connectivity index (χ0v) is 13.6. The first kappa shape index (κ1) is 16.8. The Kier molecular flexibility index (Phi) is 4.24. The van der Waals surface area contributed by atoms with E-state index in [4.69, 9.17) is 4.74 Å². The molecule has 0 bridgehead atoms. The standard InChI is InChI=1S/C16H19NO4.ClH/c1-17(2)7-5-16(6-8-17)10-13(18)12-9-11(15(19)20)3-4-14(12)21-16;/h3-4,9H,5-8,10H2,1-2H3;1H. The second kappa shape index (κ2) is 5.56. The number of ether oxygens (including phenoxy) is 1. The molecule has 1 saturated heterocycles. The molecule has 5 nitrogen and oxygen atoms in total. The highest BCUT2D eigenvalue weighted by molar-refractivity contribution is 6.02. The summed E-state index contributed by atoms with van der Waals surface area (Å²) in [5.74, 6) is -0.808. The van der Waals surface area contributed by atoms with E-state index in [9.17, 15) is 14.7 Å². The molecule has 1 aromatic rings. The molecule has 22 heavy (non-hydrogen) atoms. The molecule has 0 radical (unpaired) electrons. The Labute approximate surface area is 135 Å². The van der Waals surface area contributed by atoms with Crippen molar-refractivity contribution >= 4 is 24.2 Å². The Hall–Kier alpha value is -1.59. The molecule has 1 aromatic carbocycles. The maximum absolute atomic E-state index is 12.4. The third-order valence-electron chi connectivity index (χ3n) is 4.67. The van der Waals surface area contributed by atoms with E-state index in [1.807, 2.05) is 0 Å². The van der Waals surface area contributed by atoms with Crippen molar-refractivity contribution < 1.29 is 23.9 Å². The number of carbonyl (C=O) groups is 2. The highest BCUT2D eigenvalue weighted by atomic mass is 35.5. The maximum Gasteiger partial charge on any atom is 0.170 e. The minimum Gasteiger partial charge on any atom is -0.545 e. The quantitative estimate of drug-likeness (QED) is 0.724. The Balaban J connectivity index is 0.00000176. The summed E-state index contributed by atoms with van der Waals surface area (Å²) >= 11 is 0. The second-order valence-corrected chi connectivity index (χ2v) is 6.77. The van der Waals surface area contributed by atoms with E-state index in [0.717, 1.165) is 30.4 Å². The monoisotopic (exact) mass is 325 g/mol. The van der Waals surface area contributed by atoms with Crippen LogP contribution < -0.4 is 9.84 Å². The van der Waals surface area contributed by atoms with Gasteiger partial charge < -0.3 is 19.1 Å². The van der Waals surface area contributed by atoms with Crippen LogP contribution in [0.25, 0.3) is 0 Å². The lowest BCUT2D eigenvalue weighted by molar-refractivity contribution is -0.897. The summed E-state index contributed by atoms with van der Waals surface area (Å²) in [7, 11) is 4.36. The van der Waals surface area contributed by atoms with Gasteiger partial charge in [0, 0.05) is 12.8 Å². The minimum atomic E-state index is -1.28. The summed E-state index contributed by atoms with van der Waals surface area (Å²) in [5, 5.41) is 10.9. The van der Waals surface area contributed by atoms with Crippen molar-refractivity contribution in [2.24, 2.45) is 0 Å². The fourth-order valence-electron chi connectivity index (χ4n) is 3.15. The van der Waals surface area contributed by atoms with Crippen LogP contribution in [0.1, 0.15) is 40.0 Å². The molecular weight excluding hydrogens is 306 g/mol. The fraction of sp³-hybridized carbons (Fsp3) is 0.500. The van der Waals surface area contributed by atoms with Crippen molar-refractivity contribution in [1.29, 1.82) is 0 Å². The highest BCUT2D eigenvalue weighted by Gasteiger charge is 2.45. The first-order chi connectivity index (χ1) is 9.80. The fourth-order valence-corrected chi connectivity index (χ4v) is 3.15. The summed E-state index contributed by atoms with van der Waals surface area (Å²) in [6, 6.07) is 4.37. The third kappa shape index (κ3) is 2.96. The van der Waals surface area contributed by atoms with Gasteiger partial charge in [0.15, 0.2) is 5.78 Å². The molecule has 0 unspecified atom stereocenters. The smallest absolute Gasteiger partial charge is 0.170 e. The summed E-state index contributed by atoms with van der Waals surface area (Å²) in [5.41, 5.74) is -0.0364. The van der Waals surface area contributed by atoms with Crippen LogP contribution in [0.2, 0.25) is 0 Å². The van der Waals surface area contributed by atoms with E-state index in [1.165, 1.54) is 12.1 Å². The number of rotatable bonds is 1. The van der Waals surface area contributed by atoms with Crippen LogP contribution in [0.5, 0.6) is 5.75 Å². The zero-order valence-electron chi connectivity index (χ0n) is 12.8. The van der Waals surface area contributed by atoms with E-state index in [0.29, 0.717) is 17.7 Å². The number of quaternary nitrogens is 1. The number of Topliss-reactive ketones (excluding diaryl/α,β-unsaturated/α-hetero) is 1. The highest BCUT2D eigenvalue weighted by Crippen LogP contribution is 2.40. The van der Waals surface area contributed by atoms with Gasteiger partial charge in [-0.15, -0.1) is 12.4 Å². The molecule has 120 valence electrons. The molecule has 2 aliphatic heterocycles. The van der Waals surface area contributed by atoms with Crippen LogP contribution in [0.15, 0.2) is 18.2 Å². The van der Waals surface area contributed by atoms with Crippen LogP contribution >= 0.6 is 12.4 Å². The molecule has 1 spiro atoms.